The highest BCUT2D eigenvalue weighted by Gasteiger charge is 2.18. The Kier molecular flexibility index (Phi) is 8.25. The zero-order valence-corrected chi connectivity index (χ0v) is 18.8. The molecule has 11 heteroatoms. The Balaban J connectivity index is 1.55. The van der Waals surface area contributed by atoms with Crippen molar-refractivity contribution in [2.24, 2.45) is 0 Å². The normalized spacial score (nSPS) is 10.4. The molecule has 3 aromatic carbocycles. The lowest BCUT2D eigenvalue weighted by molar-refractivity contribution is -0.119. The first-order valence-corrected chi connectivity index (χ1v) is 10.4. The molecule has 0 unspecified atom stereocenters. The number of carbonyl (C=O) groups is 3. The molecule has 0 atom stereocenters. The molecule has 3 aromatic rings. The van der Waals surface area contributed by atoms with Gasteiger partial charge in [-0.2, -0.15) is 0 Å². The molecule has 0 saturated heterocycles. The summed E-state index contributed by atoms with van der Waals surface area (Å²) in [6.07, 6.45) is 0. The highest BCUT2D eigenvalue weighted by molar-refractivity contribution is 9.10. The summed E-state index contributed by atoms with van der Waals surface area (Å²) in [5, 5.41) is 4.61. The number of nitrogens with one attached hydrogen (secondary N) is 2. The maximum atomic E-state index is 13.7. The van der Waals surface area contributed by atoms with Crippen LogP contribution in [0, 0.1) is 17.5 Å². The van der Waals surface area contributed by atoms with E-state index in [1.807, 2.05) is 5.32 Å². The molecule has 2 N–H and O–H groups in total. The third-order valence-electron chi connectivity index (χ3n) is 4.24. The van der Waals surface area contributed by atoms with Gasteiger partial charge >= 0.3 is 5.97 Å². The van der Waals surface area contributed by atoms with Gasteiger partial charge < -0.3 is 20.1 Å². The van der Waals surface area contributed by atoms with Gasteiger partial charge in [-0.15, -0.1) is 0 Å². The van der Waals surface area contributed by atoms with E-state index in [2.05, 4.69) is 21.2 Å². The molecule has 0 aliphatic heterocycles. The summed E-state index contributed by atoms with van der Waals surface area (Å²) in [4.78, 5) is 36.4. The van der Waals surface area contributed by atoms with E-state index in [0.29, 0.717) is 11.8 Å². The van der Waals surface area contributed by atoms with Crippen LogP contribution in [0.25, 0.3) is 0 Å². The summed E-state index contributed by atoms with van der Waals surface area (Å²) < 4.78 is 51.0. The number of benzene rings is 3. The van der Waals surface area contributed by atoms with Gasteiger partial charge in [0.05, 0.1) is 5.69 Å². The zero-order chi connectivity index (χ0) is 24.7. The number of hydrogen-bond acceptors (Lipinski definition) is 5. The number of para-hydroxylation sites is 1. The van der Waals surface area contributed by atoms with E-state index < -0.39 is 54.1 Å². The molecule has 0 bridgehead atoms. The van der Waals surface area contributed by atoms with Crippen molar-refractivity contribution in [1.29, 1.82) is 0 Å². The number of carbonyl (C=O) groups excluding carboxylic acids is 3. The average Bonchev–Trinajstić information content (AvgIpc) is 2.83. The van der Waals surface area contributed by atoms with Gasteiger partial charge in [0.15, 0.2) is 30.7 Å². The van der Waals surface area contributed by atoms with Crippen molar-refractivity contribution in [2.45, 2.75) is 0 Å². The Bertz CT molecular complexity index is 1220. The van der Waals surface area contributed by atoms with Crippen LogP contribution in [-0.4, -0.2) is 31.0 Å². The lowest BCUT2D eigenvalue weighted by Gasteiger charge is -2.12. The first-order valence-electron chi connectivity index (χ1n) is 9.62. The Labute approximate surface area is 200 Å². The van der Waals surface area contributed by atoms with Gasteiger partial charge in [-0.1, -0.05) is 28.1 Å². The van der Waals surface area contributed by atoms with Gasteiger partial charge in [-0.05, 0) is 48.5 Å². The van der Waals surface area contributed by atoms with Crippen LogP contribution in [0.15, 0.2) is 65.1 Å². The van der Waals surface area contributed by atoms with E-state index in [4.69, 9.17) is 9.47 Å². The Morgan fingerprint density at radius 1 is 0.794 bits per heavy atom. The number of anilines is 2. The van der Waals surface area contributed by atoms with E-state index in [9.17, 15) is 27.6 Å². The van der Waals surface area contributed by atoms with Gasteiger partial charge in [0.25, 0.3) is 11.8 Å². The molecule has 0 fully saturated rings. The number of ether oxygens (including phenoxy) is 2. The standard InChI is InChI=1S/C23H16BrF3N2O5/c24-13-5-7-14(8-6-13)28-19(30)11-33-18-4-2-1-3-15(18)23(32)34-12-20(31)29-17-10-9-16(25)21(26)22(17)27/h1-10H,11-12H2,(H,28,30)(H,29,31). The molecule has 0 aliphatic rings. The second-order valence-corrected chi connectivity index (χ2v) is 7.60. The SMILES string of the molecule is O=C(COc1ccccc1C(=O)OCC(=O)Nc1ccc(F)c(F)c1F)Nc1ccc(Br)cc1. The van der Waals surface area contributed by atoms with Crippen LogP contribution >= 0.6 is 15.9 Å². The Morgan fingerprint density at radius 3 is 2.21 bits per heavy atom. The minimum atomic E-state index is -1.75. The lowest BCUT2D eigenvalue weighted by Crippen LogP contribution is -2.23. The van der Waals surface area contributed by atoms with Crippen molar-refractivity contribution >= 4 is 45.1 Å². The predicted octanol–water partition coefficient (Wildman–Crippen LogP) is 4.68. The first kappa shape index (κ1) is 24.8. The van der Waals surface area contributed by atoms with Crippen LogP contribution in [0.5, 0.6) is 5.75 Å². The smallest absolute Gasteiger partial charge is 0.342 e. The summed E-state index contributed by atoms with van der Waals surface area (Å²) in [7, 11) is 0. The van der Waals surface area contributed by atoms with E-state index in [-0.39, 0.29) is 11.3 Å². The first-order chi connectivity index (χ1) is 16.2. The molecule has 0 aliphatic carbocycles. The Hall–Kier alpha value is -3.86. The number of rotatable bonds is 8. The molecule has 2 amide bonds. The van der Waals surface area contributed by atoms with E-state index in [0.717, 1.165) is 10.5 Å². The molecular formula is C23H16BrF3N2O5. The monoisotopic (exact) mass is 536 g/mol. The van der Waals surface area contributed by atoms with Crippen molar-refractivity contribution in [3.8, 4) is 5.75 Å². The van der Waals surface area contributed by atoms with Gasteiger partial charge in [0.2, 0.25) is 0 Å². The third kappa shape index (κ3) is 6.58. The minimum Gasteiger partial charge on any atom is -0.483 e. The average molecular weight is 537 g/mol. The van der Waals surface area contributed by atoms with Crippen LogP contribution < -0.4 is 15.4 Å². The third-order valence-corrected chi connectivity index (χ3v) is 4.77. The van der Waals surface area contributed by atoms with Gasteiger partial charge in [0.1, 0.15) is 11.3 Å². The molecule has 0 spiro atoms. The molecule has 0 saturated carbocycles. The van der Waals surface area contributed by atoms with Crippen LogP contribution in [-0.2, 0) is 14.3 Å². The number of esters is 1. The molecule has 176 valence electrons. The summed E-state index contributed by atoms with van der Waals surface area (Å²) in [5.41, 5.74) is -0.126. The summed E-state index contributed by atoms with van der Waals surface area (Å²) in [6.45, 7) is -1.24. The number of amides is 2. The second-order valence-electron chi connectivity index (χ2n) is 6.69. The highest BCUT2D eigenvalue weighted by atomic mass is 79.9. The van der Waals surface area contributed by atoms with Crippen LogP contribution in [0.2, 0.25) is 0 Å². The van der Waals surface area contributed by atoms with Crippen molar-refractivity contribution in [2.75, 3.05) is 23.8 Å². The van der Waals surface area contributed by atoms with Crippen molar-refractivity contribution < 1.29 is 37.0 Å². The van der Waals surface area contributed by atoms with Gasteiger partial charge in [-0.25, -0.2) is 18.0 Å². The molecule has 0 radical (unpaired) electrons. The van der Waals surface area contributed by atoms with Crippen molar-refractivity contribution in [3.05, 3.63) is 88.2 Å². The highest BCUT2D eigenvalue weighted by Crippen LogP contribution is 2.21. The second kappa shape index (κ2) is 11.3. The quantitative estimate of drug-likeness (QED) is 0.322. The van der Waals surface area contributed by atoms with Crippen LogP contribution in [0.1, 0.15) is 10.4 Å². The van der Waals surface area contributed by atoms with Crippen molar-refractivity contribution in [3.63, 3.8) is 0 Å². The van der Waals surface area contributed by atoms with Crippen molar-refractivity contribution in [1.82, 2.24) is 0 Å². The minimum absolute atomic E-state index is 0.0329. The maximum Gasteiger partial charge on any atom is 0.342 e. The molecule has 3 rings (SSSR count). The fourth-order valence-corrected chi connectivity index (χ4v) is 2.92. The molecule has 0 heterocycles. The number of hydrogen-bond donors (Lipinski definition) is 2. The van der Waals surface area contributed by atoms with Gasteiger partial charge in [-0.3, -0.25) is 9.59 Å². The van der Waals surface area contributed by atoms with E-state index in [1.165, 1.54) is 18.2 Å². The fraction of sp³-hybridized carbons (Fsp3) is 0.0870. The zero-order valence-electron chi connectivity index (χ0n) is 17.2. The predicted molar refractivity (Wildman–Crippen MR) is 120 cm³/mol. The van der Waals surface area contributed by atoms with E-state index >= 15 is 0 Å². The van der Waals surface area contributed by atoms with Crippen LogP contribution in [0.4, 0.5) is 24.5 Å². The largest absolute Gasteiger partial charge is 0.483 e. The van der Waals surface area contributed by atoms with E-state index in [1.54, 1.807) is 30.3 Å². The Morgan fingerprint density at radius 2 is 1.47 bits per heavy atom. The molecular weight excluding hydrogens is 521 g/mol. The summed E-state index contributed by atoms with van der Waals surface area (Å²) >= 11 is 3.29. The van der Waals surface area contributed by atoms with Gasteiger partial charge in [0, 0.05) is 10.2 Å². The summed E-state index contributed by atoms with van der Waals surface area (Å²) in [6, 6.07) is 14.2. The van der Waals surface area contributed by atoms with Crippen LogP contribution in [0.3, 0.4) is 0 Å². The number of halogens is 4. The topological polar surface area (TPSA) is 93.7 Å². The summed E-state index contributed by atoms with van der Waals surface area (Å²) in [5.74, 6) is -7.12. The molecule has 7 nitrogen and oxygen atoms in total. The fourth-order valence-electron chi connectivity index (χ4n) is 2.65. The maximum absolute atomic E-state index is 13.7. The molecule has 34 heavy (non-hydrogen) atoms. The lowest BCUT2D eigenvalue weighted by atomic mass is 10.2. The molecule has 0 aromatic heterocycles.